The molecule has 1 spiro atoms. The molecule has 182 valence electrons. The maximum absolute atomic E-state index is 13.0. The SMILES string of the molecule is FC(F)(F)Cn1ncc2ncc(N3CCC4(CCN(c5cc(C(F)(F)F)ccn5)CC4)C3)nc21. The molecule has 13 heteroatoms. The predicted octanol–water partition coefficient (Wildman–Crippen LogP) is 4.30. The van der Waals surface area contributed by atoms with E-state index in [0.717, 1.165) is 36.1 Å². The number of aromatic nitrogens is 5. The number of rotatable bonds is 3. The third kappa shape index (κ3) is 4.47. The molecule has 3 aromatic rings. The van der Waals surface area contributed by atoms with E-state index in [4.69, 9.17) is 0 Å². The Labute approximate surface area is 190 Å². The van der Waals surface area contributed by atoms with Gasteiger partial charge in [-0.1, -0.05) is 0 Å². The molecular weight excluding hydrogens is 464 g/mol. The Morgan fingerprint density at radius 1 is 0.882 bits per heavy atom. The van der Waals surface area contributed by atoms with Crippen LogP contribution in [0.1, 0.15) is 24.8 Å². The Morgan fingerprint density at radius 2 is 1.59 bits per heavy atom. The van der Waals surface area contributed by atoms with Gasteiger partial charge in [-0.15, -0.1) is 0 Å². The first-order valence-electron chi connectivity index (χ1n) is 10.8. The van der Waals surface area contributed by atoms with E-state index in [1.165, 1.54) is 12.4 Å². The molecule has 0 aromatic carbocycles. The number of hydrogen-bond donors (Lipinski definition) is 0. The van der Waals surface area contributed by atoms with Crippen molar-refractivity contribution in [3.63, 3.8) is 0 Å². The average molecular weight is 485 g/mol. The lowest BCUT2D eigenvalue weighted by Crippen LogP contribution is -2.42. The zero-order valence-electron chi connectivity index (χ0n) is 17.9. The molecule has 3 aromatic heterocycles. The zero-order valence-corrected chi connectivity index (χ0v) is 17.9. The first kappa shape index (κ1) is 22.7. The minimum atomic E-state index is -4.42. The van der Waals surface area contributed by atoms with Crippen molar-refractivity contribution in [1.82, 2.24) is 24.7 Å². The van der Waals surface area contributed by atoms with Gasteiger partial charge >= 0.3 is 12.4 Å². The van der Waals surface area contributed by atoms with Gasteiger partial charge in [0.15, 0.2) is 5.65 Å². The molecule has 5 heterocycles. The van der Waals surface area contributed by atoms with E-state index < -0.39 is 24.5 Å². The molecule has 2 aliphatic heterocycles. The molecule has 0 saturated carbocycles. The molecule has 0 aliphatic carbocycles. The van der Waals surface area contributed by atoms with Gasteiger partial charge in [0.05, 0.1) is 18.0 Å². The molecular formula is C21H21F6N7. The quantitative estimate of drug-likeness (QED) is 0.516. The van der Waals surface area contributed by atoms with Crippen LogP contribution in [0.25, 0.3) is 11.2 Å². The number of halogens is 6. The van der Waals surface area contributed by atoms with Crippen molar-refractivity contribution in [3.8, 4) is 0 Å². The minimum absolute atomic E-state index is 0.0407. The van der Waals surface area contributed by atoms with E-state index >= 15 is 0 Å². The van der Waals surface area contributed by atoms with Crippen LogP contribution in [-0.2, 0) is 12.7 Å². The fourth-order valence-electron chi connectivity index (χ4n) is 4.79. The second-order valence-electron chi connectivity index (χ2n) is 8.91. The molecule has 34 heavy (non-hydrogen) atoms. The smallest absolute Gasteiger partial charge is 0.357 e. The molecule has 0 unspecified atom stereocenters. The van der Waals surface area contributed by atoms with Gasteiger partial charge in [-0.3, -0.25) is 0 Å². The Hall–Kier alpha value is -3.12. The van der Waals surface area contributed by atoms with Crippen LogP contribution in [0.2, 0.25) is 0 Å². The van der Waals surface area contributed by atoms with Gasteiger partial charge < -0.3 is 9.80 Å². The van der Waals surface area contributed by atoms with Crippen LogP contribution in [0.5, 0.6) is 0 Å². The maximum Gasteiger partial charge on any atom is 0.416 e. The normalized spacial score (nSPS) is 18.9. The summed E-state index contributed by atoms with van der Waals surface area (Å²) in [5.74, 6) is 0.809. The lowest BCUT2D eigenvalue weighted by Gasteiger charge is -2.40. The van der Waals surface area contributed by atoms with Crippen LogP contribution in [-0.4, -0.2) is 57.1 Å². The highest BCUT2D eigenvalue weighted by atomic mass is 19.4. The van der Waals surface area contributed by atoms with Gasteiger partial charge in [0.1, 0.15) is 23.7 Å². The molecule has 2 saturated heterocycles. The number of fused-ring (bicyclic) bond motifs is 1. The predicted molar refractivity (Wildman–Crippen MR) is 111 cm³/mol. The molecule has 2 fully saturated rings. The number of piperidine rings is 1. The number of alkyl halides is 6. The summed E-state index contributed by atoms with van der Waals surface area (Å²) in [6.45, 7) is 1.24. The molecule has 0 amide bonds. The van der Waals surface area contributed by atoms with Crippen molar-refractivity contribution in [1.29, 1.82) is 0 Å². The minimum Gasteiger partial charge on any atom is -0.357 e. The van der Waals surface area contributed by atoms with Crippen LogP contribution in [0.15, 0.2) is 30.7 Å². The number of hydrogen-bond acceptors (Lipinski definition) is 6. The van der Waals surface area contributed by atoms with Gasteiger partial charge in [0.2, 0.25) is 0 Å². The lowest BCUT2D eigenvalue weighted by molar-refractivity contribution is -0.142. The van der Waals surface area contributed by atoms with Crippen LogP contribution >= 0.6 is 0 Å². The lowest BCUT2D eigenvalue weighted by atomic mass is 9.78. The van der Waals surface area contributed by atoms with E-state index in [1.807, 2.05) is 9.80 Å². The monoisotopic (exact) mass is 485 g/mol. The van der Waals surface area contributed by atoms with Crippen LogP contribution in [0.4, 0.5) is 38.0 Å². The number of anilines is 2. The third-order valence-corrected chi connectivity index (χ3v) is 6.64. The first-order valence-corrected chi connectivity index (χ1v) is 10.8. The van der Waals surface area contributed by atoms with Crippen molar-refractivity contribution in [3.05, 3.63) is 36.3 Å². The highest BCUT2D eigenvalue weighted by molar-refractivity contribution is 5.71. The van der Waals surface area contributed by atoms with Gasteiger partial charge in [-0.25, -0.2) is 19.6 Å². The van der Waals surface area contributed by atoms with Crippen molar-refractivity contribution in [2.24, 2.45) is 5.41 Å². The Morgan fingerprint density at radius 3 is 2.26 bits per heavy atom. The average Bonchev–Trinajstić information content (AvgIpc) is 3.37. The van der Waals surface area contributed by atoms with E-state index in [2.05, 4.69) is 20.1 Å². The largest absolute Gasteiger partial charge is 0.416 e. The van der Waals surface area contributed by atoms with Gasteiger partial charge in [-0.05, 0) is 36.8 Å². The maximum atomic E-state index is 13.0. The van der Waals surface area contributed by atoms with Crippen molar-refractivity contribution >= 4 is 22.8 Å². The second-order valence-corrected chi connectivity index (χ2v) is 8.91. The summed E-state index contributed by atoms with van der Waals surface area (Å²) < 4.78 is 78.4. The van der Waals surface area contributed by atoms with Crippen LogP contribution in [0, 0.1) is 5.41 Å². The topological polar surface area (TPSA) is 63.0 Å². The van der Waals surface area contributed by atoms with Crippen LogP contribution in [0.3, 0.4) is 0 Å². The van der Waals surface area contributed by atoms with Crippen LogP contribution < -0.4 is 9.80 Å². The molecule has 7 nitrogen and oxygen atoms in total. The summed E-state index contributed by atoms with van der Waals surface area (Å²) >= 11 is 0. The summed E-state index contributed by atoms with van der Waals surface area (Å²) in [6.07, 6.45) is -2.46. The Balaban J connectivity index is 1.28. The van der Waals surface area contributed by atoms with E-state index in [9.17, 15) is 26.3 Å². The van der Waals surface area contributed by atoms with E-state index in [0.29, 0.717) is 43.3 Å². The standard InChI is InChI=1S/C21H21F6N7/c22-20(23,24)13-34-18-15(10-30-34)29-11-17(31-18)33-8-4-19(12-33)2-6-32(7-3-19)16-9-14(1-5-28-16)21(25,26)27/h1,5,9-11H,2-4,6-8,12-13H2. The fraction of sp³-hybridized carbons (Fsp3) is 0.524. The molecule has 0 atom stereocenters. The molecule has 0 radical (unpaired) electrons. The highest BCUT2D eigenvalue weighted by Crippen LogP contribution is 2.42. The molecule has 0 N–H and O–H groups in total. The number of pyridine rings is 1. The summed E-state index contributed by atoms with van der Waals surface area (Å²) in [6, 6.07) is 2.04. The van der Waals surface area contributed by atoms with E-state index in [-0.39, 0.29) is 11.1 Å². The fourth-order valence-corrected chi connectivity index (χ4v) is 4.79. The van der Waals surface area contributed by atoms with Crippen molar-refractivity contribution in [2.45, 2.75) is 38.2 Å². The zero-order chi connectivity index (χ0) is 24.1. The highest BCUT2D eigenvalue weighted by Gasteiger charge is 2.42. The molecule has 2 aliphatic rings. The number of nitrogens with zero attached hydrogens (tertiary/aromatic N) is 7. The molecule has 0 bridgehead atoms. The van der Waals surface area contributed by atoms with Crippen molar-refractivity contribution in [2.75, 3.05) is 36.0 Å². The van der Waals surface area contributed by atoms with Gasteiger partial charge in [0.25, 0.3) is 0 Å². The van der Waals surface area contributed by atoms with Gasteiger partial charge in [0, 0.05) is 32.4 Å². The van der Waals surface area contributed by atoms with E-state index in [1.54, 1.807) is 6.20 Å². The Bertz CT molecular complexity index is 1180. The summed E-state index contributed by atoms with van der Waals surface area (Å²) in [5.41, 5.74) is -0.380. The Kier molecular flexibility index (Phi) is 5.32. The van der Waals surface area contributed by atoms with Gasteiger partial charge in [-0.2, -0.15) is 31.4 Å². The second kappa shape index (κ2) is 7.98. The summed E-state index contributed by atoms with van der Waals surface area (Å²) in [4.78, 5) is 16.6. The first-order chi connectivity index (χ1) is 16.0. The summed E-state index contributed by atoms with van der Waals surface area (Å²) in [5, 5.41) is 3.76. The third-order valence-electron chi connectivity index (χ3n) is 6.64. The van der Waals surface area contributed by atoms with Crippen molar-refractivity contribution < 1.29 is 26.3 Å². The summed E-state index contributed by atoms with van der Waals surface area (Å²) in [7, 11) is 0. The molecule has 5 rings (SSSR count).